The summed E-state index contributed by atoms with van der Waals surface area (Å²) in [5.74, 6) is 0.378. The number of piperidine rings is 1. The van der Waals surface area contributed by atoms with Crippen LogP contribution in [0.5, 0.6) is 0 Å². The predicted octanol–water partition coefficient (Wildman–Crippen LogP) is 2.22. The van der Waals surface area contributed by atoms with Crippen molar-refractivity contribution in [3.05, 3.63) is 15.9 Å². The van der Waals surface area contributed by atoms with Crippen molar-refractivity contribution >= 4 is 37.3 Å². The maximum atomic E-state index is 12.6. The minimum atomic E-state index is -3.41. The van der Waals surface area contributed by atoms with Gasteiger partial charge in [0, 0.05) is 24.6 Å². The van der Waals surface area contributed by atoms with Crippen molar-refractivity contribution in [2.45, 2.75) is 30.1 Å². The van der Waals surface area contributed by atoms with Gasteiger partial charge in [-0.1, -0.05) is 0 Å². The Morgan fingerprint density at radius 2 is 2.14 bits per heavy atom. The Kier molecular flexibility index (Phi) is 6.44. The molecular weight excluding hydrogens is 388 g/mol. The van der Waals surface area contributed by atoms with Gasteiger partial charge in [0.05, 0.1) is 6.10 Å². The molecule has 1 atom stereocenters. The van der Waals surface area contributed by atoms with E-state index in [0.29, 0.717) is 27.7 Å². The standard InChI is InChI=1S/C14H23BrN2O3S2/c1-11(18)9-17-6-3-12(4-7-17)10-16(2)22(19,20)14-13(15)5-8-21-14/h5,8,11-12,18H,3-4,6-7,9-10H2,1-2H3/t11-/m0/s1. The summed E-state index contributed by atoms with van der Waals surface area (Å²) >= 11 is 4.54. The second kappa shape index (κ2) is 7.72. The van der Waals surface area contributed by atoms with E-state index in [-0.39, 0.29) is 6.10 Å². The van der Waals surface area contributed by atoms with Crippen LogP contribution in [0, 0.1) is 5.92 Å². The summed E-state index contributed by atoms with van der Waals surface area (Å²) in [7, 11) is -1.75. The molecule has 0 unspecified atom stereocenters. The number of β-amino-alcohol motifs (C(OH)–C–C–N with tert-alkyl or cyclic N) is 1. The molecule has 2 rings (SSSR count). The predicted molar refractivity (Wildman–Crippen MR) is 92.7 cm³/mol. The van der Waals surface area contributed by atoms with Crippen LogP contribution in [0.25, 0.3) is 0 Å². The van der Waals surface area contributed by atoms with E-state index in [0.717, 1.165) is 25.9 Å². The van der Waals surface area contributed by atoms with Crippen molar-refractivity contribution in [2.75, 3.05) is 33.2 Å². The maximum Gasteiger partial charge on any atom is 0.253 e. The van der Waals surface area contributed by atoms with Crippen molar-refractivity contribution in [3.8, 4) is 0 Å². The first-order valence-electron chi connectivity index (χ1n) is 7.40. The molecule has 2 heterocycles. The zero-order valence-corrected chi connectivity index (χ0v) is 16.1. The third-order valence-corrected chi connectivity index (χ3v) is 8.44. The molecule has 0 aromatic carbocycles. The highest BCUT2D eigenvalue weighted by Gasteiger charge is 2.28. The Hall–Kier alpha value is 0.01000. The Balaban J connectivity index is 1.91. The van der Waals surface area contributed by atoms with Crippen molar-refractivity contribution in [3.63, 3.8) is 0 Å². The van der Waals surface area contributed by atoms with Crippen LogP contribution < -0.4 is 0 Å². The fraction of sp³-hybridized carbons (Fsp3) is 0.714. The van der Waals surface area contributed by atoms with Gasteiger partial charge in [-0.2, -0.15) is 4.31 Å². The van der Waals surface area contributed by atoms with E-state index in [2.05, 4.69) is 20.8 Å². The van der Waals surface area contributed by atoms with Crippen LogP contribution in [0.15, 0.2) is 20.1 Å². The van der Waals surface area contributed by atoms with Gasteiger partial charge in [0.15, 0.2) is 0 Å². The third kappa shape index (κ3) is 4.52. The van der Waals surface area contributed by atoms with Crippen molar-refractivity contribution < 1.29 is 13.5 Å². The van der Waals surface area contributed by atoms with Crippen molar-refractivity contribution in [1.82, 2.24) is 9.21 Å². The van der Waals surface area contributed by atoms with Gasteiger partial charge in [-0.3, -0.25) is 0 Å². The molecule has 0 radical (unpaired) electrons. The molecule has 5 nitrogen and oxygen atoms in total. The molecular formula is C14H23BrN2O3S2. The molecule has 0 spiro atoms. The number of nitrogens with zero attached hydrogens (tertiary/aromatic N) is 2. The summed E-state index contributed by atoms with van der Waals surface area (Å²) < 4.78 is 27.6. The lowest BCUT2D eigenvalue weighted by Crippen LogP contribution is -2.41. The normalized spacial score (nSPS) is 19.7. The smallest absolute Gasteiger partial charge is 0.253 e. The lowest BCUT2D eigenvalue weighted by Gasteiger charge is -2.34. The molecule has 22 heavy (non-hydrogen) atoms. The van der Waals surface area contributed by atoms with E-state index in [4.69, 9.17) is 0 Å². The van der Waals surface area contributed by atoms with E-state index >= 15 is 0 Å². The number of rotatable bonds is 6. The average molecular weight is 411 g/mol. The minimum Gasteiger partial charge on any atom is -0.392 e. The van der Waals surface area contributed by atoms with Gasteiger partial charge in [-0.15, -0.1) is 11.3 Å². The number of hydrogen-bond donors (Lipinski definition) is 1. The zero-order chi connectivity index (χ0) is 16.3. The highest BCUT2D eigenvalue weighted by atomic mass is 79.9. The first-order chi connectivity index (χ1) is 10.3. The highest BCUT2D eigenvalue weighted by molar-refractivity contribution is 9.10. The summed E-state index contributed by atoms with van der Waals surface area (Å²) in [6.07, 6.45) is 1.63. The Morgan fingerprint density at radius 3 is 2.64 bits per heavy atom. The largest absolute Gasteiger partial charge is 0.392 e. The van der Waals surface area contributed by atoms with Crippen LogP contribution in [0.4, 0.5) is 0 Å². The molecule has 1 aromatic heterocycles. The SMILES string of the molecule is C[C@H](O)CN1CCC(CN(C)S(=O)(=O)c2sccc2Br)CC1. The Bertz CT molecular complexity index is 581. The molecule has 0 amide bonds. The summed E-state index contributed by atoms with van der Waals surface area (Å²) in [5, 5.41) is 11.2. The molecule has 1 N–H and O–H groups in total. The van der Waals surface area contributed by atoms with E-state index in [1.165, 1.54) is 15.6 Å². The molecule has 0 saturated carbocycles. The van der Waals surface area contributed by atoms with Gasteiger partial charge in [0.1, 0.15) is 4.21 Å². The fourth-order valence-electron chi connectivity index (χ4n) is 2.79. The topological polar surface area (TPSA) is 60.9 Å². The number of halogens is 1. The Labute approximate surface area is 145 Å². The summed E-state index contributed by atoms with van der Waals surface area (Å²) in [5.41, 5.74) is 0. The van der Waals surface area contributed by atoms with Crippen molar-refractivity contribution in [1.29, 1.82) is 0 Å². The summed E-state index contributed by atoms with van der Waals surface area (Å²) in [6.45, 7) is 4.89. The molecule has 1 fully saturated rings. The van der Waals surface area contributed by atoms with Crippen LogP contribution >= 0.6 is 27.3 Å². The van der Waals surface area contributed by atoms with E-state index in [9.17, 15) is 13.5 Å². The molecule has 0 aliphatic carbocycles. The second-order valence-electron chi connectivity index (χ2n) is 5.93. The molecule has 126 valence electrons. The van der Waals surface area contributed by atoms with Crippen LogP contribution in [0.2, 0.25) is 0 Å². The Morgan fingerprint density at radius 1 is 1.50 bits per heavy atom. The first kappa shape index (κ1) is 18.4. The van der Waals surface area contributed by atoms with Gasteiger partial charge in [0.25, 0.3) is 10.0 Å². The van der Waals surface area contributed by atoms with Crippen LogP contribution in [0.1, 0.15) is 19.8 Å². The molecule has 1 saturated heterocycles. The molecule has 1 aromatic rings. The van der Waals surface area contributed by atoms with Crippen LogP contribution in [-0.4, -0.2) is 62.1 Å². The monoisotopic (exact) mass is 410 g/mol. The maximum absolute atomic E-state index is 12.6. The third-order valence-electron chi connectivity index (χ3n) is 3.97. The molecule has 1 aliphatic rings. The average Bonchev–Trinajstić information content (AvgIpc) is 2.87. The van der Waals surface area contributed by atoms with Crippen LogP contribution in [0.3, 0.4) is 0 Å². The quantitative estimate of drug-likeness (QED) is 0.780. The first-order valence-corrected chi connectivity index (χ1v) is 10.5. The van der Waals surface area contributed by atoms with Gasteiger partial charge < -0.3 is 10.0 Å². The zero-order valence-electron chi connectivity index (χ0n) is 12.9. The summed E-state index contributed by atoms with van der Waals surface area (Å²) in [4.78, 5) is 2.24. The number of aliphatic hydroxyl groups is 1. The minimum absolute atomic E-state index is 0.309. The number of aliphatic hydroxyl groups excluding tert-OH is 1. The molecule has 8 heteroatoms. The number of sulfonamides is 1. The van der Waals surface area contributed by atoms with Gasteiger partial charge >= 0.3 is 0 Å². The van der Waals surface area contributed by atoms with Gasteiger partial charge in [0.2, 0.25) is 0 Å². The number of hydrogen-bond acceptors (Lipinski definition) is 5. The lowest BCUT2D eigenvalue weighted by molar-refractivity contribution is 0.0972. The van der Waals surface area contributed by atoms with E-state index < -0.39 is 10.0 Å². The molecule has 0 bridgehead atoms. The van der Waals surface area contributed by atoms with Crippen molar-refractivity contribution in [2.24, 2.45) is 5.92 Å². The summed E-state index contributed by atoms with van der Waals surface area (Å²) in [6, 6.07) is 1.76. The van der Waals surface area contributed by atoms with Crippen LogP contribution in [-0.2, 0) is 10.0 Å². The lowest BCUT2D eigenvalue weighted by atomic mass is 9.97. The van der Waals surface area contributed by atoms with E-state index in [1.54, 1.807) is 25.4 Å². The van der Waals surface area contributed by atoms with Gasteiger partial charge in [-0.25, -0.2) is 8.42 Å². The fourth-order valence-corrected chi connectivity index (χ4v) is 6.54. The van der Waals surface area contributed by atoms with Gasteiger partial charge in [-0.05, 0) is 66.1 Å². The highest BCUT2D eigenvalue weighted by Crippen LogP contribution is 2.30. The number of thiophene rings is 1. The second-order valence-corrected chi connectivity index (χ2v) is 9.95. The number of likely N-dealkylation sites (tertiary alicyclic amines) is 1. The van der Waals surface area contributed by atoms with E-state index in [1.807, 2.05) is 0 Å². The molecule has 1 aliphatic heterocycles.